The first-order chi connectivity index (χ1) is 4.18. The first kappa shape index (κ1) is 17.8. The second-order valence-electron chi connectivity index (χ2n) is 1.73. The SMILES string of the molecule is Br.CSCC[C@H](N)C(=O)O.[Zn]. The molecule has 0 radical (unpaired) electrons. The molecule has 0 fully saturated rings. The van der Waals surface area contributed by atoms with E-state index in [9.17, 15) is 4.79 Å². The van der Waals surface area contributed by atoms with Crippen LogP contribution in [0, 0.1) is 0 Å². The minimum atomic E-state index is -0.913. The molecular weight excluding hydrogens is 283 g/mol. The molecule has 0 aromatic heterocycles. The molecule has 0 spiro atoms. The number of carboxylic acid groups (broad SMARTS) is 1. The monoisotopic (exact) mass is 293 g/mol. The minimum absolute atomic E-state index is 0. The van der Waals surface area contributed by atoms with Crippen LogP contribution in [0.15, 0.2) is 0 Å². The molecule has 11 heavy (non-hydrogen) atoms. The number of carboxylic acids is 1. The van der Waals surface area contributed by atoms with Crippen molar-refractivity contribution in [1.82, 2.24) is 0 Å². The Labute approximate surface area is 94.0 Å². The maximum absolute atomic E-state index is 10.1. The molecule has 6 heteroatoms. The molecule has 0 heterocycles. The fourth-order valence-corrected chi connectivity index (χ4v) is 0.858. The van der Waals surface area contributed by atoms with Gasteiger partial charge in [0.2, 0.25) is 0 Å². The van der Waals surface area contributed by atoms with E-state index < -0.39 is 12.0 Å². The van der Waals surface area contributed by atoms with Crippen LogP contribution in [0.1, 0.15) is 6.42 Å². The average Bonchev–Trinajstić information content (AvgIpc) is 1.82. The van der Waals surface area contributed by atoms with Crippen LogP contribution in [0.5, 0.6) is 0 Å². The maximum Gasteiger partial charge on any atom is 0.320 e. The van der Waals surface area contributed by atoms with E-state index in [4.69, 9.17) is 10.8 Å². The summed E-state index contributed by atoms with van der Waals surface area (Å²) in [6.45, 7) is 0. The summed E-state index contributed by atoms with van der Waals surface area (Å²) in [4.78, 5) is 10.1. The van der Waals surface area contributed by atoms with E-state index in [0.717, 1.165) is 5.75 Å². The summed E-state index contributed by atoms with van der Waals surface area (Å²) in [6.07, 6.45) is 2.48. The van der Waals surface area contributed by atoms with Crippen molar-refractivity contribution in [1.29, 1.82) is 0 Å². The van der Waals surface area contributed by atoms with Gasteiger partial charge >= 0.3 is 5.97 Å². The Kier molecular flexibility index (Phi) is 17.6. The van der Waals surface area contributed by atoms with E-state index >= 15 is 0 Å². The summed E-state index contributed by atoms with van der Waals surface area (Å²) in [5.41, 5.74) is 5.19. The Morgan fingerprint density at radius 2 is 2.18 bits per heavy atom. The van der Waals surface area contributed by atoms with Crippen LogP contribution in [0.2, 0.25) is 0 Å². The summed E-state index contributed by atoms with van der Waals surface area (Å²) in [5.74, 6) is -0.1000. The molecular formula is C5H12BrNO2SZn. The van der Waals surface area contributed by atoms with Crippen LogP contribution in [-0.2, 0) is 24.3 Å². The predicted octanol–water partition coefficient (Wildman–Crippen LogP) is 0.727. The van der Waals surface area contributed by atoms with Gasteiger partial charge in [0, 0.05) is 19.5 Å². The number of carbonyl (C=O) groups is 1. The van der Waals surface area contributed by atoms with Gasteiger partial charge in [-0.1, -0.05) is 0 Å². The van der Waals surface area contributed by atoms with Gasteiger partial charge in [-0.2, -0.15) is 11.8 Å². The van der Waals surface area contributed by atoms with Crippen LogP contribution in [0.3, 0.4) is 0 Å². The largest absolute Gasteiger partial charge is 0.480 e. The Morgan fingerprint density at radius 3 is 2.45 bits per heavy atom. The molecule has 0 bridgehead atoms. The topological polar surface area (TPSA) is 63.3 Å². The molecule has 0 amide bonds. The van der Waals surface area contributed by atoms with Gasteiger partial charge in [0.05, 0.1) is 0 Å². The number of hydrogen-bond donors (Lipinski definition) is 2. The number of hydrogen-bond acceptors (Lipinski definition) is 3. The molecule has 64 valence electrons. The van der Waals surface area contributed by atoms with Gasteiger partial charge in [0.25, 0.3) is 0 Å². The minimum Gasteiger partial charge on any atom is -0.480 e. The van der Waals surface area contributed by atoms with Gasteiger partial charge < -0.3 is 10.8 Å². The normalized spacial score (nSPS) is 10.7. The van der Waals surface area contributed by atoms with Crippen molar-refractivity contribution >= 4 is 34.7 Å². The molecule has 0 aromatic carbocycles. The molecule has 0 rings (SSSR count). The number of rotatable bonds is 4. The van der Waals surface area contributed by atoms with Gasteiger partial charge in [0.15, 0.2) is 0 Å². The van der Waals surface area contributed by atoms with Crippen molar-refractivity contribution in [3.8, 4) is 0 Å². The van der Waals surface area contributed by atoms with Crippen LogP contribution >= 0.6 is 28.7 Å². The quantitative estimate of drug-likeness (QED) is 0.751. The van der Waals surface area contributed by atoms with Crippen molar-refractivity contribution in [2.75, 3.05) is 12.0 Å². The number of aliphatic carboxylic acids is 1. The van der Waals surface area contributed by atoms with Crippen molar-refractivity contribution in [2.24, 2.45) is 5.73 Å². The fraction of sp³-hybridized carbons (Fsp3) is 0.800. The third-order valence-electron chi connectivity index (χ3n) is 0.950. The zero-order valence-corrected chi connectivity index (χ0v) is 11.9. The molecule has 3 N–H and O–H groups in total. The second kappa shape index (κ2) is 10.9. The van der Waals surface area contributed by atoms with Gasteiger partial charge in [-0.25, -0.2) is 0 Å². The molecule has 0 aliphatic heterocycles. The number of nitrogens with two attached hydrogens (primary N) is 1. The maximum atomic E-state index is 10.1. The zero-order valence-electron chi connectivity index (χ0n) is 6.45. The number of halogens is 1. The van der Waals surface area contributed by atoms with Crippen LogP contribution in [-0.4, -0.2) is 29.1 Å². The van der Waals surface area contributed by atoms with Crippen LogP contribution in [0.25, 0.3) is 0 Å². The van der Waals surface area contributed by atoms with Gasteiger partial charge in [-0.3, -0.25) is 4.79 Å². The summed E-state index contributed by atoms with van der Waals surface area (Å²) in [5, 5.41) is 8.27. The summed E-state index contributed by atoms with van der Waals surface area (Å²) < 4.78 is 0. The van der Waals surface area contributed by atoms with E-state index in [1.54, 1.807) is 11.8 Å². The van der Waals surface area contributed by atoms with E-state index in [1.807, 2.05) is 6.26 Å². The second-order valence-corrected chi connectivity index (χ2v) is 2.71. The third-order valence-corrected chi connectivity index (χ3v) is 1.59. The van der Waals surface area contributed by atoms with Crippen molar-refractivity contribution in [3.63, 3.8) is 0 Å². The van der Waals surface area contributed by atoms with E-state index in [1.165, 1.54) is 0 Å². The van der Waals surface area contributed by atoms with Gasteiger partial charge in [-0.05, 0) is 18.4 Å². The van der Waals surface area contributed by atoms with Gasteiger partial charge in [0.1, 0.15) is 6.04 Å². The summed E-state index contributed by atoms with van der Waals surface area (Å²) >= 11 is 1.60. The van der Waals surface area contributed by atoms with E-state index in [-0.39, 0.29) is 36.5 Å². The first-order valence-corrected chi connectivity index (χ1v) is 4.05. The molecule has 0 saturated carbocycles. The fourth-order valence-electron chi connectivity index (χ4n) is 0.368. The first-order valence-electron chi connectivity index (χ1n) is 2.65. The number of thioether (sulfide) groups is 1. The van der Waals surface area contributed by atoms with Crippen molar-refractivity contribution in [3.05, 3.63) is 0 Å². The molecule has 1 atom stereocenters. The Balaban J connectivity index is -0.000000320. The standard InChI is InChI=1S/C5H11NO2S.BrH.Zn/c1-9-3-2-4(6)5(7)8;;/h4H,2-3,6H2,1H3,(H,7,8);1H;/t4-;;/m0../s1. The molecule has 0 aromatic rings. The Bertz CT molecular complexity index is 106. The predicted molar refractivity (Wildman–Crippen MR) is 48.9 cm³/mol. The Morgan fingerprint density at radius 1 is 1.73 bits per heavy atom. The summed E-state index contributed by atoms with van der Waals surface area (Å²) in [6, 6.07) is -0.683. The van der Waals surface area contributed by atoms with Crippen LogP contribution in [0.4, 0.5) is 0 Å². The molecule has 0 aliphatic rings. The third kappa shape index (κ3) is 10.9. The van der Waals surface area contributed by atoms with Gasteiger partial charge in [-0.15, -0.1) is 17.0 Å². The zero-order chi connectivity index (χ0) is 7.28. The molecule has 0 saturated heterocycles. The van der Waals surface area contributed by atoms with E-state index in [0.29, 0.717) is 6.42 Å². The average molecular weight is 296 g/mol. The molecule has 0 unspecified atom stereocenters. The Hall–Kier alpha value is 0.883. The smallest absolute Gasteiger partial charge is 0.320 e. The van der Waals surface area contributed by atoms with Crippen LogP contribution < -0.4 is 5.73 Å². The van der Waals surface area contributed by atoms with Crippen molar-refractivity contribution < 1.29 is 29.4 Å². The molecule has 3 nitrogen and oxygen atoms in total. The molecule has 0 aliphatic carbocycles. The van der Waals surface area contributed by atoms with E-state index in [2.05, 4.69) is 0 Å². The van der Waals surface area contributed by atoms with Crippen molar-refractivity contribution in [2.45, 2.75) is 12.5 Å². The summed E-state index contributed by atoms with van der Waals surface area (Å²) in [7, 11) is 0.